The number of rotatable bonds is 9. The van der Waals surface area contributed by atoms with E-state index < -0.39 is 35.4 Å². The van der Waals surface area contributed by atoms with Gasteiger partial charge in [0.2, 0.25) is 11.8 Å². The van der Waals surface area contributed by atoms with E-state index in [2.05, 4.69) is 5.32 Å². The summed E-state index contributed by atoms with van der Waals surface area (Å²) >= 11 is 0. The van der Waals surface area contributed by atoms with Gasteiger partial charge in [0.1, 0.15) is 6.04 Å². The highest BCUT2D eigenvalue weighted by molar-refractivity contribution is 5.92. The van der Waals surface area contributed by atoms with Gasteiger partial charge >= 0.3 is 5.97 Å². The number of likely N-dealkylation sites (N-methyl/N-ethyl adjacent to an activating group) is 1. The van der Waals surface area contributed by atoms with Crippen LogP contribution in [-0.4, -0.2) is 53.0 Å². The van der Waals surface area contributed by atoms with Gasteiger partial charge in [-0.05, 0) is 41.0 Å². The highest BCUT2D eigenvalue weighted by atomic mass is 35.5. The summed E-state index contributed by atoms with van der Waals surface area (Å²) in [4.78, 5) is 39.6. The van der Waals surface area contributed by atoms with Crippen molar-refractivity contribution >= 4 is 41.0 Å². The lowest BCUT2D eigenvalue weighted by Crippen LogP contribution is -2.58. The fraction of sp³-hybridized carbons (Fsp3) is 0.464. The van der Waals surface area contributed by atoms with Crippen molar-refractivity contribution in [3.8, 4) is 0 Å². The van der Waals surface area contributed by atoms with Gasteiger partial charge in [-0.2, -0.15) is 0 Å². The molecule has 198 valence electrons. The number of amides is 2. The van der Waals surface area contributed by atoms with E-state index in [0.717, 1.165) is 16.3 Å². The highest BCUT2D eigenvalue weighted by Crippen LogP contribution is 2.24. The molecule has 0 aliphatic heterocycles. The lowest BCUT2D eigenvalue weighted by Gasteiger charge is -2.37. The Balaban J connectivity index is 0.00000648. The maximum Gasteiger partial charge on any atom is 0.331 e. The Kier molecular flexibility index (Phi) is 11.1. The van der Waals surface area contributed by atoms with Crippen LogP contribution in [0, 0.1) is 11.3 Å². The Hall–Kier alpha value is -2.90. The molecular weight excluding hydrogens is 478 g/mol. The largest absolute Gasteiger partial charge is 0.478 e. The molecule has 4 N–H and O–H groups in total. The smallest absolute Gasteiger partial charge is 0.331 e. The third-order valence-corrected chi connectivity index (χ3v) is 6.29. The molecule has 0 spiro atoms. The van der Waals surface area contributed by atoms with Crippen molar-refractivity contribution in [1.29, 1.82) is 0 Å². The molecule has 2 rings (SSSR count). The molecule has 3 atom stereocenters. The third-order valence-electron chi connectivity index (χ3n) is 6.29. The van der Waals surface area contributed by atoms with Gasteiger partial charge < -0.3 is 21.1 Å². The Morgan fingerprint density at radius 2 is 1.67 bits per heavy atom. The summed E-state index contributed by atoms with van der Waals surface area (Å²) in [6.07, 6.45) is 1.92. The van der Waals surface area contributed by atoms with Crippen LogP contribution in [0.3, 0.4) is 0 Å². The number of fused-ring (bicyclic) bond motifs is 1. The summed E-state index contributed by atoms with van der Waals surface area (Å²) in [5.74, 6) is -1.76. The number of halogens is 1. The van der Waals surface area contributed by atoms with Gasteiger partial charge in [0.15, 0.2) is 0 Å². The summed E-state index contributed by atoms with van der Waals surface area (Å²) in [7, 11) is 1.64. The molecule has 0 aromatic heterocycles. The second-order valence-corrected chi connectivity index (χ2v) is 10.6. The number of nitrogens with one attached hydrogen (secondary N) is 1. The van der Waals surface area contributed by atoms with Gasteiger partial charge in [0, 0.05) is 12.6 Å². The van der Waals surface area contributed by atoms with E-state index in [0.29, 0.717) is 6.42 Å². The number of carboxylic acid groups (broad SMARTS) is 1. The molecule has 0 aliphatic rings. The van der Waals surface area contributed by atoms with E-state index >= 15 is 0 Å². The number of hydrogen-bond acceptors (Lipinski definition) is 4. The van der Waals surface area contributed by atoms with E-state index in [-0.39, 0.29) is 29.8 Å². The topological polar surface area (TPSA) is 113 Å². The van der Waals surface area contributed by atoms with Gasteiger partial charge in [-0.15, -0.1) is 12.4 Å². The van der Waals surface area contributed by atoms with Crippen molar-refractivity contribution in [2.75, 3.05) is 7.05 Å². The number of carbonyl (C=O) groups excluding carboxylic acids is 2. The Morgan fingerprint density at radius 1 is 1.08 bits per heavy atom. The van der Waals surface area contributed by atoms with E-state index in [1.54, 1.807) is 13.1 Å². The quantitative estimate of drug-likeness (QED) is 0.432. The number of nitrogens with zero attached hydrogens (tertiary/aromatic N) is 1. The Morgan fingerprint density at radius 3 is 2.22 bits per heavy atom. The number of nitrogens with two attached hydrogens (primary N) is 1. The number of aliphatic carboxylic acids is 1. The van der Waals surface area contributed by atoms with Gasteiger partial charge in [-0.3, -0.25) is 9.59 Å². The predicted molar refractivity (Wildman–Crippen MR) is 147 cm³/mol. The molecule has 0 aliphatic carbocycles. The molecule has 36 heavy (non-hydrogen) atoms. The summed E-state index contributed by atoms with van der Waals surface area (Å²) in [5.41, 5.74) is 6.85. The second kappa shape index (κ2) is 12.9. The Bertz CT molecular complexity index is 1100. The molecule has 0 fully saturated rings. The second-order valence-electron chi connectivity index (χ2n) is 10.6. The van der Waals surface area contributed by atoms with E-state index in [1.165, 1.54) is 11.8 Å². The third kappa shape index (κ3) is 7.80. The normalized spacial score (nSPS) is 14.5. The minimum atomic E-state index is -1.03. The van der Waals surface area contributed by atoms with Crippen LogP contribution in [0.25, 0.3) is 10.8 Å². The van der Waals surface area contributed by atoms with Crippen LogP contribution in [0.1, 0.15) is 47.1 Å². The number of carboxylic acids is 1. The summed E-state index contributed by atoms with van der Waals surface area (Å²) in [6.45, 7) is 11.0. The van der Waals surface area contributed by atoms with Crippen LogP contribution in [0.2, 0.25) is 0 Å². The molecule has 0 radical (unpaired) electrons. The van der Waals surface area contributed by atoms with Crippen molar-refractivity contribution in [3.05, 3.63) is 59.7 Å². The van der Waals surface area contributed by atoms with Crippen LogP contribution in [0.15, 0.2) is 54.1 Å². The molecule has 2 aromatic carbocycles. The van der Waals surface area contributed by atoms with Crippen molar-refractivity contribution in [3.63, 3.8) is 0 Å². The van der Waals surface area contributed by atoms with Crippen molar-refractivity contribution in [2.45, 2.75) is 66.1 Å². The molecule has 2 aromatic rings. The van der Waals surface area contributed by atoms with Crippen molar-refractivity contribution in [2.24, 2.45) is 17.1 Å². The highest BCUT2D eigenvalue weighted by Gasteiger charge is 2.37. The number of carbonyl (C=O) groups is 3. The lowest BCUT2D eigenvalue weighted by molar-refractivity contribution is -0.140. The lowest BCUT2D eigenvalue weighted by atomic mass is 9.84. The zero-order chi connectivity index (χ0) is 26.5. The minimum Gasteiger partial charge on any atom is -0.478 e. The van der Waals surface area contributed by atoms with Crippen LogP contribution in [0.5, 0.6) is 0 Å². The molecule has 0 heterocycles. The van der Waals surface area contributed by atoms with Crippen LogP contribution in [-0.2, 0) is 20.8 Å². The van der Waals surface area contributed by atoms with Crippen molar-refractivity contribution in [1.82, 2.24) is 10.2 Å². The zero-order valence-electron chi connectivity index (χ0n) is 22.2. The van der Waals surface area contributed by atoms with Gasteiger partial charge in [-0.1, -0.05) is 83.2 Å². The molecule has 0 bridgehead atoms. The molecule has 0 saturated heterocycles. The van der Waals surface area contributed by atoms with Gasteiger partial charge in [0.25, 0.3) is 0 Å². The molecule has 0 unspecified atom stereocenters. The first-order chi connectivity index (χ1) is 16.2. The number of hydrogen-bond donors (Lipinski definition) is 3. The molecule has 7 nitrogen and oxygen atoms in total. The van der Waals surface area contributed by atoms with Crippen LogP contribution < -0.4 is 11.1 Å². The van der Waals surface area contributed by atoms with Gasteiger partial charge in [-0.25, -0.2) is 4.79 Å². The maximum atomic E-state index is 13.6. The maximum absolute atomic E-state index is 13.6. The summed E-state index contributed by atoms with van der Waals surface area (Å²) in [5, 5.41) is 14.3. The predicted octanol–water partition coefficient (Wildman–Crippen LogP) is 4.18. The SMILES string of the molecule is CC(=C[C@H](C(C)C)N(C)C(=O)[C@@H](NC(=O)[C@@H](N)Cc1cccc2ccccc12)C(C)(C)C)C(=O)O.Cl. The monoisotopic (exact) mass is 517 g/mol. The van der Waals surface area contributed by atoms with E-state index in [4.69, 9.17) is 5.73 Å². The van der Waals surface area contributed by atoms with Gasteiger partial charge in [0.05, 0.1) is 12.1 Å². The minimum absolute atomic E-state index is 0. The molecule has 2 amide bonds. The fourth-order valence-corrected chi connectivity index (χ4v) is 4.13. The zero-order valence-corrected chi connectivity index (χ0v) is 23.1. The number of benzene rings is 2. The van der Waals surface area contributed by atoms with Crippen molar-refractivity contribution < 1.29 is 19.5 Å². The van der Waals surface area contributed by atoms with E-state index in [9.17, 15) is 19.5 Å². The van der Waals surface area contributed by atoms with E-state index in [1.807, 2.05) is 77.1 Å². The Labute approximate surface area is 220 Å². The first-order valence-corrected chi connectivity index (χ1v) is 11.9. The molecule has 8 heteroatoms. The average molecular weight is 518 g/mol. The van der Waals surface area contributed by atoms with Crippen LogP contribution >= 0.6 is 12.4 Å². The average Bonchev–Trinajstić information content (AvgIpc) is 2.78. The standard InChI is InChI=1S/C28H39N3O4.ClH/c1-17(2)23(15-18(3)27(34)35)31(7)26(33)24(28(4,5)6)30-25(32)22(29)16-20-13-10-12-19-11-8-9-14-21(19)20;/h8-15,17,22-24H,16,29H2,1-7H3,(H,30,32)(H,34,35);1H/t22-,23+,24+;/m0./s1. The molecular formula is C28H40ClN3O4. The first kappa shape index (κ1) is 31.1. The summed E-state index contributed by atoms with van der Waals surface area (Å²) in [6, 6.07) is 11.7. The fourth-order valence-electron chi connectivity index (χ4n) is 4.13. The molecule has 0 saturated carbocycles. The first-order valence-electron chi connectivity index (χ1n) is 11.9. The van der Waals surface area contributed by atoms with Crippen LogP contribution in [0.4, 0.5) is 0 Å². The summed E-state index contributed by atoms with van der Waals surface area (Å²) < 4.78 is 0.